The average Bonchev–Trinajstić information content (AvgIpc) is 3.15. The van der Waals surface area contributed by atoms with Crippen LogP contribution in [-0.4, -0.2) is 60.9 Å². The number of carbonyl (C=O) groups is 3. The second kappa shape index (κ2) is 8.20. The van der Waals surface area contributed by atoms with Gasteiger partial charge in [0.1, 0.15) is 5.69 Å². The summed E-state index contributed by atoms with van der Waals surface area (Å²) in [6, 6.07) is 13.6. The minimum atomic E-state index is -1.37. The fraction of sp³-hybridized carbons (Fsp3) is 0.409. The second-order valence-corrected chi connectivity index (χ2v) is 7.85. The van der Waals surface area contributed by atoms with Crippen LogP contribution < -0.4 is 4.48 Å². The maximum atomic E-state index is 12.9. The zero-order valence-electron chi connectivity index (χ0n) is 16.4. The Bertz CT molecular complexity index is 906. The number of carboxylic acids is 1. The summed E-state index contributed by atoms with van der Waals surface area (Å²) in [5.41, 5.74) is 0.934. The molecule has 3 rings (SSSR count). The molecule has 0 aliphatic carbocycles. The Morgan fingerprint density at radius 3 is 2.54 bits per heavy atom. The van der Waals surface area contributed by atoms with E-state index in [9.17, 15) is 14.4 Å². The van der Waals surface area contributed by atoms with Gasteiger partial charge in [-0.15, -0.1) is 0 Å². The molecule has 1 aliphatic rings. The van der Waals surface area contributed by atoms with Crippen LogP contribution in [0.4, 0.5) is 5.69 Å². The number of benzene rings is 2. The molecule has 1 atom stereocenters. The van der Waals surface area contributed by atoms with Gasteiger partial charge in [-0.05, 0) is 49.2 Å². The first-order valence-electron chi connectivity index (χ1n) is 9.68. The molecule has 0 unspecified atom stereocenters. The van der Waals surface area contributed by atoms with E-state index >= 15 is 0 Å². The highest BCUT2D eigenvalue weighted by molar-refractivity contribution is 6.34. The van der Waals surface area contributed by atoms with Crippen molar-refractivity contribution in [2.24, 2.45) is 0 Å². The molecule has 0 saturated carbocycles. The van der Waals surface area contributed by atoms with Crippen LogP contribution in [0.25, 0.3) is 10.8 Å². The molecule has 1 aliphatic heterocycles. The summed E-state index contributed by atoms with van der Waals surface area (Å²) in [5.74, 6) is -2.02. The van der Waals surface area contributed by atoms with Crippen LogP contribution >= 0.6 is 0 Å². The van der Waals surface area contributed by atoms with E-state index in [4.69, 9.17) is 5.11 Å². The largest absolute Gasteiger partial charge is 0.475 e. The summed E-state index contributed by atoms with van der Waals surface area (Å²) in [6.07, 6.45) is 2.38. The maximum absolute atomic E-state index is 12.9. The lowest BCUT2D eigenvalue weighted by Gasteiger charge is -2.27. The highest BCUT2D eigenvalue weighted by atomic mass is 16.4. The fourth-order valence-corrected chi connectivity index (χ4v) is 3.91. The van der Waals surface area contributed by atoms with Crippen molar-refractivity contribution in [3.05, 3.63) is 42.5 Å². The molecule has 0 radical (unpaired) electrons. The summed E-state index contributed by atoms with van der Waals surface area (Å²) in [5, 5.41) is 11.2. The van der Waals surface area contributed by atoms with Gasteiger partial charge in [-0.25, -0.2) is 14.1 Å². The normalized spacial score (nSPS) is 17.7. The molecule has 0 bridgehead atoms. The molecule has 1 saturated heterocycles. The SMILES string of the molecule is C[N+](C)(C(=O)CCCN1CCC[C@H]1C(=O)C(=O)O)c1ccc2ccccc2c1. The van der Waals surface area contributed by atoms with Crippen molar-refractivity contribution in [1.29, 1.82) is 0 Å². The van der Waals surface area contributed by atoms with Gasteiger partial charge in [-0.3, -0.25) is 9.69 Å². The van der Waals surface area contributed by atoms with Crippen molar-refractivity contribution in [3.63, 3.8) is 0 Å². The van der Waals surface area contributed by atoms with E-state index in [1.54, 1.807) is 0 Å². The van der Waals surface area contributed by atoms with Crippen LogP contribution in [-0.2, 0) is 14.4 Å². The number of carbonyl (C=O) groups excluding carboxylic acids is 2. The van der Waals surface area contributed by atoms with Crippen molar-refractivity contribution in [1.82, 2.24) is 9.38 Å². The predicted molar refractivity (Wildman–Crippen MR) is 109 cm³/mol. The minimum Gasteiger partial charge on any atom is -0.475 e. The van der Waals surface area contributed by atoms with Crippen LogP contribution in [0.1, 0.15) is 25.7 Å². The van der Waals surface area contributed by atoms with E-state index in [0.29, 0.717) is 32.4 Å². The number of quaternary nitrogens is 1. The molecule has 0 spiro atoms. The van der Waals surface area contributed by atoms with Crippen molar-refractivity contribution >= 4 is 34.1 Å². The van der Waals surface area contributed by atoms with E-state index < -0.39 is 17.8 Å². The number of carboxylic acid groups (broad SMARTS) is 1. The third-order valence-corrected chi connectivity index (χ3v) is 5.72. The van der Waals surface area contributed by atoms with Crippen LogP contribution in [0.15, 0.2) is 42.5 Å². The molecule has 1 amide bonds. The quantitative estimate of drug-likeness (QED) is 0.588. The van der Waals surface area contributed by atoms with Gasteiger partial charge < -0.3 is 5.11 Å². The Hall–Kier alpha value is -2.57. The molecule has 0 aromatic heterocycles. The lowest BCUT2D eigenvalue weighted by molar-refractivity contribution is -0.151. The zero-order valence-corrected chi connectivity index (χ0v) is 16.4. The Kier molecular flexibility index (Phi) is 5.91. The zero-order chi connectivity index (χ0) is 20.3. The Labute approximate surface area is 164 Å². The van der Waals surface area contributed by atoms with Crippen molar-refractivity contribution < 1.29 is 19.5 Å². The number of rotatable bonds is 7. The molecule has 6 nitrogen and oxygen atoms in total. The van der Waals surface area contributed by atoms with Gasteiger partial charge in [0.25, 0.3) is 5.78 Å². The molecule has 1 fully saturated rings. The van der Waals surface area contributed by atoms with E-state index in [1.807, 2.05) is 55.4 Å². The highest BCUT2D eigenvalue weighted by Gasteiger charge is 2.35. The van der Waals surface area contributed by atoms with E-state index in [-0.39, 0.29) is 10.4 Å². The number of nitrogens with zero attached hydrogens (tertiary/aromatic N) is 2. The third kappa shape index (κ3) is 4.13. The van der Waals surface area contributed by atoms with Crippen LogP contribution in [0.5, 0.6) is 0 Å². The van der Waals surface area contributed by atoms with E-state index in [2.05, 4.69) is 6.07 Å². The number of fused-ring (bicyclic) bond motifs is 1. The van der Waals surface area contributed by atoms with Crippen molar-refractivity contribution in [2.45, 2.75) is 31.7 Å². The number of ketones is 1. The maximum Gasteiger partial charge on any atom is 0.373 e. The number of hydrogen-bond donors (Lipinski definition) is 1. The van der Waals surface area contributed by atoms with Crippen molar-refractivity contribution in [3.8, 4) is 0 Å². The van der Waals surface area contributed by atoms with E-state index in [0.717, 1.165) is 22.9 Å². The first kappa shape index (κ1) is 20.2. The number of aliphatic carboxylic acids is 1. The predicted octanol–water partition coefficient (Wildman–Crippen LogP) is 2.83. The Balaban J connectivity index is 1.61. The van der Waals surface area contributed by atoms with Crippen molar-refractivity contribution in [2.75, 3.05) is 27.2 Å². The fourth-order valence-electron chi connectivity index (χ4n) is 3.91. The van der Waals surface area contributed by atoms with Gasteiger partial charge in [0.15, 0.2) is 0 Å². The monoisotopic (exact) mass is 383 g/mol. The molecular weight excluding hydrogens is 356 g/mol. The molecule has 1 N–H and O–H groups in total. The van der Waals surface area contributed by atoms with E-state index in [1.165, 1.54) is 0 Å². The Morgan fingerprint density at radius 2 is 1.82 bits per heavy atom. The number of hydrogen-bond acceptors (Lipinski definition) is 4. The molecule has 1 heterocycles. The number of amides is 1. The number of Topliss-reactive ketones (excluding diaryl/α,β-unsaturated/α-hetero) is 1. The lowest BCUT2D eigenvalue weighted by atomic mass is 10.1. The molecule has 2 aromatic rings. The first-order valence-corrected chi connectivity index (χ1v) is 9.68. The van der Waals surface area contributed by atoms with Gasteiger partial charge in [0.2, 0.25) is 0 Å². The summed E-state index contributed by atoms with van der Waals surface area (Å²) >= 11 is 0. The van der Waals surface area contributed by atoms with Gasteiger partial charge >= 0.3 is 11.9 Å². The summed E-state index contributed by atoms with van der Waals surface area (Å²) < 4.78 is 0.155. The lowest BCUT2D eigenvalue weighted by Crippen LogP contribution is -2.47. The van der Waals surface area contributed by atoms with Gasteiger partial charge in [0, 0.05) is 12.1 Å². The minimum absolute atomic E-state index is 0.0931. The summed E-state index contributed by atoms with van der Waals surface area (Å²) in [4.78, 5) is 37.5. The summed E-state index contributed by atoms with van der Waals surface area (Å²) in [7, 11) is 3.78. The topological polar surface area (TPSA) is 74.7 Å². The molecule has 6 heteroatoms. The van der Waals surface area contributed by atoms with Gasteiger partial charge in [0.05, 0.1) is 26.6 Å². The van der Waals surface area contributed by atoms with Crippen LogP contribution in [0.3, 0.4) is 0 Å². The smallest absolute Gasteiger partial charge is 0.373 e. The molecule has 2 aromatic carbocycles. The average molecular weight is 383 g/mol. The standard InChI is InChI=1S/C22H26N2O4/c1-24(2,18-12-11-16-7-3-4-8-17(16)15-18)20(25)10-6-14-23-13-5-9-19(23)21(26)22(27)28/h3-4,7-8,11-12,15,19H,5-6,9-10,13-14H2,1-2H3/p+1/t19-/m0/s1. The molecule has 148 valence electrons. The van der Waals surface area contributed by atoms with Crippen LogP contribution in [0, 0.1) is 0 Å². The first-order chi connectivity index (χ1) is 13.3. The Morgan fingerprint density at radius 1 is 1.11 bits per heavy atom. The third-order valence-electron chi connectivity index (χ3n) is 5.72. The molecular formula is C22H27N2O4+. The van der Waals surface area contributed by atoms with Crippen LogP contribution in [0.2, 0.25) is 0 Å². The van der Waals surface area contributed by atoms with Gasteiger partial charge in [-0.2, -0.15) is 0 Å². The second-order valence-electron chi connectivity index (χ2n) is 7.85. The number of likely N-dealkylation sites (tertiary alicyclic amines) is 1. The summed E-state index contributed by atoms with van der Waals surface area (Å²) in [6.45, 7) is 1.27. The molecule has 28 heavy (non-hydrogen) atoms. The van der Waals surface area contributed by atoms with Gasteiger partial charge in [-0.1, -0.05) is 24.3 Å². The highest BCUT2D eigenvalue weighted by Crippen LogP contribution is 2.26.